The minimum Gasteiger partial charge on any atom is -0.505 e. The zero-order valence-corrected chi connectivity index (χ0v) is 17.7. The molecule has 29 heavy (non-hydrogen) atoms. The molecule has 2 aromatic heterocycles. The second kappa shape index (κ2) is 8.53. The van der Waals surface area contributed by atoms with Crippen LogP contribution in [0.25, 0.3) is 5.69 Å². The van der Waals surface area contributed by atoms with E-state index in [2.05, 4.69) is 31.3 Å². The largest absolute Gasteiger partial charge is 0.505 e. The Morgan fingerprint density at radius 1 is 1.31 bits per heavy atom. The molecular weight excluding hydrogens is 464 g/mol. The van der Waals surface area contributed by atoms with Gasteiger partial charge in [0.05, 0.1) is 18.0 Å². The monoisotopic (exact) mass is 478 g/mol. The van der Waals surface area contributed by atoms with E-state index >= 15 is 0 Å². The van der Waals surface area contributed by atoms with Crippen molar-refractivity contribution < 1.29 is 19.4 Å². The summed E-state index contributed by atoms with van der Waals surface area (Å²) in [6.45, 7) is 3.51. The van der Waals surface area contributed by atoms with Gasteiger partial charge in [0, 0.05) is 10.5 Å². The number of carbonyl (C=O) groups excluding carboxylic acids is 2. The number of esters is 1. The molecule has 0 aliphatic rings. The summed E-state index contributed by atoms with van der Waals surface area (Å²) in [5.74, 6) is -1.88. The van der Waals surface area contributed by atoms with Gasteiger partial charge in [0.25, 0.3) is 11.5 Å². The highest BCUT2D eigenvalue weighted by atomic mass is 79.9. The lowest BCUT2D eigenvalue weighted by atomic mass is 10.3. The van der Waals surface area contributed by atoms with Crippen molar-refractivity contribution in [3.8, 4) is 11.4 Å². The molecule has 11 heteroatoms. The zero-order chi connectivity index (χ0) is 21.1. The van der Waals surface area contributed by atoms with E-state index in [9.17, 15) is 19.5 Å². The van der Waals surface area contributed by atoms with Crippen LogP contribution >= 0.6 is 27.3 Å². The number of anilines is 1. The van der Waals surface area contributed by atoms with Crippen LogP contribution in [0.2, 0.25) is 0 Å². The maximum absolute atomic E-state index is 12.6. The molecule has 0 aliphatic carbocycles. The van der Waals surface area contributed by atoms with Crippen LogP contribution in [0.15, 0.2) is 39.6 Å². The Hall–Kier alpha value is -3.05. The summed E-state index contributed by atoms with van der Waals surface area (Å²) in [7, 11) is 0. The van der Waals surface area contributed by atoms with E-state index in [1.54, 1.807) is 38.1 Å². The van der Waals surface area contributed by atoms with Gasteiger partial charge in [0.1, 0.15) is 4.88 Å². The van der Waals surface area contributed by atoms with Crippen molar-refractivity contribution in [1.82, 2.24) is 14.8 Å². The van der Waals surface area contributed by atoms with E-state index in [1.165, 1.54) is 0 Å². The number of rotatable bonds is 5. The van der Waals surface area contributed by atoms with Crippen LogP contribution in [-0.4, -0.2) is 38.4 Å². The molecule has 0 spiro atoms. The van der Waals surface area contributed by atoms with Crippen molar-refractivity contribution in [2.45, 2.75) is 13.8 Å². The number of hydrogen-bond acceptors (Lipinski definition) is 8. The first-order chi connectivity index (χ1) is 13.8. The summed E-state index contributed by atoms with van der Waals surface area (Å²) in [5.41, 5.74) is -0.142. The van der Waals surface area contributed by atoms with Crippen molar-refractivity contribution in [1.29, 1.82) is 0 Å². The minimum atomic E-state index is -0.780. The first-order valence-corrected chi connectivity index (χ1v) is 9.96. The van der Waals surface area contributed by atoms with E-state index in [0.717, 1.165) is 26.6 Å². The van der Waals surface area contributed by atoms with Crippen molar-refractivity contribution in [3.63, 3.8) is 0 Å². The Balaban J connectivity index is 1.91. The van der Waals surface area contributed by atoms with Crippen molar-refractivity contribution in [2.24, 2.45) is 0 Å². The molecule has 3 aromatic rings. The number of nitrogens with one attached hydrogen (secondary N) is 1. The van der Waals surface area contributed by atoms with Crippen molar-refractivity contribution in [2.75, 3.05) is 11.9 Å². The van der Waals surface area contributed by atoms with Gasteiger partial charge in [-0.2, -0.15) is 9.78 Å². The van der Waals surface area contributed by atoms with Gasteiger partial charge < -0.3 is 9.84 Å². The number of aromatic nitrogens is 3. The maximum atomic E-state index is 12.6. The van der Waals surface area contributed by atoms with Gasteiger partial charge in [0.2, 0.25) is 0 Å². The number of carbonyl (C=O) groups is 2. The Kier molecular flexibility index (Phi) is 6.09. The minimum absolute atomic E-state index is 0.137. The highest BCUT2D eigenvalue weighted by molar-refractivity contribution is 9.10. The van der Waals surface area contributed by atoms with Gasteiger partial charge in [-0.3, -0.25) is 14.9 Å². The van der Waals surface area contributed by atoms with Crippen LogP contribution in [0.4, 0.5) is 5.13 Å². The number of amides is 1. The molecule has 0 unspecified atom stereocenters. The molecule has 2 N–H and O–H groups in total. The number of aryl methyl sites for hydroxylation is 1. The third-order valence-corrected chi connectivity index (χ3v) is 5.26. The third-order valence-electron chi connectivity index (χ3n) is 3.68. The van der Waals surface area contributed by atoms with Crippen LogP contribution < -0.4 is 10.9 Å². The van der Waals surface area contributed by atoms with Crippen molar-refractivity contribution >= 4 is 44.3 Å². The van der Waals surface area contributed by atoms with E-state index in [4.69, 9.17) is 4.74 Å². The zero-order valence-electron chi connectivity index (χ0n) is 15.3. The first-order valence-electron chi connectivity index (χ1n) is 8.35. The fourth-order valence-corrected chi connectivity index (χ4v) is 3.49. The predicted octanol–water partition coefficient (Wildman–Crippen LogP) is 2.89. The summed E-state index contributed by atoms with van der Waals surface area (Å²) < 4.78 is 6.75. The Bertz CT molecular complexity index is 1140. The van der Waals surface area contributed by atoms with E-state index in [1.807, 2.05) is 0 Å². The average Bonchev–Trinajstić information content (AvgIpc) is 3.03. The number of ether oxygens (including phenoxy) is 1. The topological polar surface area (TPSA) is 123 Å². The van der Waals surface area contributed by atoms with Gasteiger partial charge >= 0.3 is 5.97 Å². The lowest BCUT2D eigenvalue weighted by Crippen LogP contribution is -2.25. The maximum Gasteiger partial charge on any atom is 0.350 e. The highest BCUT2D eigenvalue weighted by Gasteiger charge is 2.21. The third kappa shape index (κ3) is 4.51. The SMILES string of the molecule is CCOC(=O)c1sc(NC(=O)c2nn(-c3ccc(Br)cc3)c(=O)cc2O)nc1C. The smallest absolute Gasteiger partial charge is 0.350 e. The normalized spacial score (nSPS) is 10.6. The van der Waals surface area contributed by atoms with Gasteiger partial charge in [-0.05, 0) is 38.1 Å². The number of nitrogens with zero attached hydrogens (tertiary/aromatic N) is 3. The molecule has 1 aromatic carbocycles. The summed E-state index contributed by atoms with van der Waals surface area (Å²) in [6.07, 6.45) is 0. The summed E-state index contributed by atoms with van der Waals surface area (Å²) >= 11 is 4.24. The van der Waals surface area contributed by atoms with Gasteiger partial charge in [-0.15, -0.1) is 0 Å². The fourth-order valence-electron chi connectivity index (χ4n) is 2.37. The summed E-state index contributed by atoms with van der Waals surface area (Å²) in [4.78, 5) is 41.0. The predicted molar refractivity (Wildman–Crippen MR) is 110 cm³/mol. The fraction of sp³-hybridized carbons (Fsp3) is 0.167. The first kappa shape index (κ1) is 20.7. The molecular formula is C18H15BrN4O5S. The molecule has 150 valence electrons. The van der Waals surface area contributed by atoms with Crippen LogP contribution in [0.1, 0.15) is 32.8 Å². The van der Waals surface area contributed by atoms with Crippen LogP contribution in [0, 0.1) is 6.92 Å². The molecule has 0 saturated heterocycles. The van der Waals surface area contributed by atoms with Gasteiger partial charge in [-0.25, -0.2) is 9.78 Å². The molecule has 1 amide bonds. The molecule has 3 rings (SSSR count). The van der Waals surface area contributed by atoms with Gasteiger partial charge in [-0.1, -0.05) is 27.3 Å². The second-order valence-electron chi connectivity index (χ2n) is 5.71. The van der Waals surface area contributed by atoms with Gasteiger partial charge in [0.15, 0.2) is 16.6 Å². The molecule has 2 heterocycles. The molecule has 0 saturated carbocycles. The summed E-state index contributed by atoms with van der Waals surface area (Å²) in [5, 5.41) is 16.6. The standard InChI is InChI=1S/C18H15BrN4O5S/c1-3-28-17(27)15-9(2)20-18(29-15)21-16(26)14-12(24)8-13(25)23(22-14)11-6-4-10(19)5-7-11/h4-8,24H,3H2,1-2H3,(H,20,21,26). The van der Waals surface area contributed by atoms with Crippen LogP contribution in [0.5, 0.6) is 5.75 Å². The molecule has 0 fully saturated rings. The van der Waals surface area contributed by atoms with E-state index in [0.29, 0.717) is 11.4 Å². The van der Waals surface area contributed by atoms with E-state index < -0.39 is 23.2 Å². The lowest BCUT2D eigenvalue weighted by molar-refractivity contribution is 0.0531. The quantitative estimate of drug-likeness (QED) is 0.540. The van der Waals surface area contributed by atoms with E-state index in [-0.39, 0.29) is 22.3 Å². The number of aromatic hydroxyl groups is 1. The number of halogens is 1. The van der Waals surface area contributed by atoms with Crippen LogP contribution in [-0.2, 0) is 4.74 Å². The number of benzene rings is 1. The number of thiazole rings is 1. The molecule has 9 nitrogen and oxygen atoms in total. The second-order valence-corrected chi connectivity index (χ2v) is 7.63. The Labute approximate surface area is 177 Å². The average molecular weight is 479 g/mol. The molecule has 0 atom stereocenters. The molecule has 0 radical (unpaired) electrons. The molecule has 0 aliphatic heterocycles. The number of hydrogen-bond donors (Lipinski definition) is 2. The molecule has 0 bridgehead atoms. The Morgan fingerprint density at radius 3 is 2.66 bits per heavy atom. The van der Waals surface area contributed by atoms with Crippen LogP contribution in [0.3, 0.4) is 0 Å². The lowest BCUT2D eigenvalue weighted by Gasteiger charge is -2.08. The van der Waals surface area contributed by atoms with Crippen molar-refractivity contribution in [3.05, 3.63) is 61.4 Å². The summed E-state index contributed by atoms with van der Waals surface area (Å²) in [6, 6.07) is 7.60. The highest BCUT2D eigenvalue weighted by Crippen LogP contribution is 2.24. The Morgan fingerprint density at radius 2 is 2.00 bits per heavy atom.